The Hall–Kier alpha value is -2.85. The highest BCUT2D eigenvalue weighted by molar-refractivity contribution is 8.01. The third-order valence-electron chi connectivity index (χ3n) is 3.62. The molecule has 1 heterocycles. The fourth-order valence-electron chi connectivity index (χ4n) is 2.24. The average Bonchev–Trinajstić information content (AvgIpc) is 3.18. The van der Waals surface area contributed by atoms with Gasteiger partial charge in [-0.15, -0.1) is 10.2 Å². The second-order valence-electron chi connectivity index (χ2n) is 5.53. The van der Waals surface area contributed by atoms with Crippen LogP contribution in [0.4, 0.5) is 10.8 Å². The Kier molecular flexibility index (Phi) is 7.04. The van der Waals surface area contributed by atoms with E-state index < -0.39 is 4.92 Å². The van der Waals surface area contributed by atoms with Crippen molar-refractivity contribution in [2.24, 2.45) is 0 Å². The van der Waals surface area contributed by atoms with Gasteiger partial charge in [0, 0.05) is 18.4 Å². The highest BCUT2D eigenvalue weighted by Gasteiger charge is 2.07. The molecule has 0 bridgehead atoms. The van der Waals surface area contributed by atoms with Crippen LogP contribution in [0, 0.1) is 10.1 Å². The van der Waals surface area contributed by atoms with Gasteiger partial charge in [-0.2, -0.15) is 0 Å². The van der Waals surface area contributed by atoms with E-state index in [1.807, 2.05) is 24.3 Å². The van der Waals surface area contributed by atoms with Gasteiger partial charge in [0.25, 0.3) is 5.69 Å². The number of ether oxygens (including phenoxy) is 2. The molecule has 2 aromatic carbocycles. The van der Waals surface area contributed by atoms with Crippen molar-refractivity contribution in [2.45, 2.75) is 10.9 Å². The van der Waals surface area contributed by atoms with Crippen LogP contribution < -0.4 is 14.8 Å². The highest BCUT2D eigenvalue weighted by atomic mass is 32.2. The van der Waals surface area contributed by atoms with Crippen LogP contribution >= 0.6 is 23.1 Å². The van der Waals surface area contributed by atoms with Gasteiger partial charge in [0.1, 0.15) is 11.5 Å². The molecule has 1 N–H and O–H groups in total. The molecular formula is C18H18N4O4S2. The second kappa shape index (κ2) is 9.90. The summed E-state index contributed by atoms with van der Waals surface area (Å²) in [5.74, 6) is 1.97. The number of aromatic nitrogens is 2. The molecule has 3 rings (SSSR count). The predicted molar refractivity (Wildman–Crippen MR) is 110 cm³/mol. The largest absolute Gasteiger partial charge is 0.497 e. The molecule has 10 heteroatoms. The van der Waals surface area contributed by atoms with Gasteiger partial charge in [-0.25, -0.2) is 0 Å². The number of methoxy groups -OCH3 is 1. The standard InChI is InChI=1S/C18H18N4O4S2/c1-25-15-7-5-13(6-8-15)12-19-17-20-21-18(28-17)27-10-9-26-16-4-2-3-14(11-16)22(23)24/h2-8,11H,9-10,12H2,1H3,(H,19,20). The van der Waals surface area contributed by atoms with E-state index in [2.05, 4.69) is 15.5 Å². The summed E-state index contributed by atoms with van der Waals surface area (Å²) < 4.78 is 11.5. The molecule has 0 spiro atoms. The fraction of sp³-hybridized carbons (Fsp3) is 0.222. The first-order valence-electron chi connectivity index (χ1n) is 8.34. The van der Waals surface area contributed by atoms with Gasteiger partial charge in [-0.05, 0) is 23.8 Å². The lowest BCUT2D eigenvalue weighted by molar-refractivity contribution is -0.384. The van der Waals surface area contributed by atoms with Crippen molar-refractivity contribution in [3.8, 4) is 11.5 Å². The van der Waals surface area contributed by atoms with Gasteiger partial charge in [0.15, 0.2) is 4.34 Å². The zero-order valence-corrected chi connectivity index (χ0v) is 16.7. The number of nitrogens with zero attached hydrogens (tertiary/aromatic N) is 3. The maximum Gasteiger partial charge on any atom is 0.273 e. The number of thioether (sulfide) groups is 1. The van der Waals surface area contributed by atoms with E-state index in [0.29, 0.717) is 24.7 Å². The molecule has 3 aromatic rings. The SMILES string of the molecule is COc1ccc(CNc2nnc(SCCOc3cccc([N+](=O)[O-])c3)s2)cc1. The number of anilines is 1. The first kappa shape index (κ1) is 19.9. The second-order valence-corrected chi connectivity index (χ2v) is 7.85. The van der Waals surface area contributed by atoms with Crippen molar-refractivity contribution >= 4 is 33.9 Å². The summed E-state index contributed by atoms with van der Waals surface area (Å²) in [6.45, 7) is 1.07. The Labute approximate surface area is 170 Å². The van der Waals surface area contributed by atoms with Crippen LogP contribution in [-0.2, 0) is 6.54 Å². The Morgan fingerprint density at radius 2 is 2.00 bits per heavy atom. The lowest BCUT2D eigenvalue weighted by Gasteiger charge is -2.04. The Morgan fingerprint density at radius 1 is 1.18 bits per heavy atom. The van der Waals surface area contributed by atoms with Crippen LogP contribution in [0.15, 0.2) is 52.9 Å². The molecule has 28 heavy (non-hydrogen) atoms. The molecule has 0 saturated carbocycles. The number of rotatable bonds is 10. The number of nitro groups is 1. The molecule has 1 aromatic heterocycles. The summed E-state index contributed by atoms with van der Waals surface area (Å²) in [6, 6.07) is 14.0. The van der Waals surface area contributed by atoms with Gasteiger partial charge in [0.2, 0.25) is 5.13 Å². The van der Waals surface area contributed by atoms with Crippen LogP contribution in [0.2, 0.25) is 0 Å². The van der Waals surface area contributed by atoms with Crippen LogP contribution in [0.5, 0.6) is 11.5 Å². The predicted octanol–water partition coefficient (Wildman–Crippen LogP) is 4.24. The third kappa shape index (κ3) is 5.83. The Balaban J connectivity index is 1.40. The van der Waals surface area contributed by atoms with Crippen molar-refractivity contribution in [2.75, 3.05) is 24.8 Å². The summed E-state index contributed by atoms with van der Waals surface area (Å²) in [5.41, 5.74) is 1.14. The molecule has 8 nitrogen and oxygen atoms in total. The normalized spacial score (nSPS) is 10.5. The van der Waals surface area contributed by atoms with E-state index in [-0.39, 0.29) is 5.69 Å². The van der Waals surface area contributed by atoms with Crippen LogP contribution in [0.25, 0.3) is 0 Å². The number of non-ortho nitro benzene ring substituents is 1. The minimum Gasteiger partial charge on any atom is -0.497 e. The number of nitrogens with one attached hydrogen (secondary N) is 1. The minimum absolute atomic E-state index is 0.0156. The van der Waals surface area contributed by atoms with E-state index >= 15 is 0 Å². The van der Waals surface area contributed by atoms with Gasteiger partial charge in [-0.1, -0.05) is 41.3 Å². The molecule has 0 aliphatic rings. The van der Waals surface area contributed by atoms with Gasteiger partial charge >= 0.3 is 0 Å². The maximum atomic E-state index is 10.8. The van der Waals surface area contributed by atoms with E-state index in [0.717, 1.165) is 20.8 Å². The maximum absolute atomic E-state index is 10.8. The van der Waals surface area contributed by atoms with Crippen molar-refractivity contribution in [3.05, 3.63) is 64.2 Å². The summed E-state index contributed by atoms with van der Waals surface area (Å²) >= 11 is 3.00. The van der Waals surface area contributed by atoms with Crippen molar-refractivity contribution in [3.63, 3.8) is 0 Å². The van der Waals surface area contributed by atoms with Gasteiger partial charge in [0.05, 0.1) is 24.7 Å². The number of nitro benzene ring substituents is 1. The molecule has 0 unspecified atom stereocenters. The fourth-order valence-corrected chi connectivity index (χ4v) is 3.87. The molecular weight excluding hydrogens is 400 g/mol. The molecule has 0 aliphatic heterocycles. The number of benzene rings is 2. The highest BCUT2D eigenvalue weighted by Crippen LogP contribution is 2.26. The molecule has 0 saturated heterocycles. The van der Waals surface area contributed by atoms with E-state index in [4.69, 9.17) is 9.47 Å². The summed E-state index contributed by atoms with van der Waals surface area (Å²) in [5, 5.41) is 23.0. The monoisotopic (exact) mass is 418 g/mol. The molecule has 0 atom stereocenters. The lowest BCUT2D eigenvalue weighted by atomic mass is 10.2. The van der Waals surface area contributed by atoms with Crippen molar-refractivity contribution in [1.29, 1.82) is 0 Å². The molecule has 0 radical (unpaired) electrons. The minimum atomic E-state index is -0.441. The summed E-state index contributed by atoms with van der Waals surface area (Å²) in [7, 11) is 1.64. The van der Waals surface area contributed by atoms with Crippen molar-refractivity contribution < 1.29 is 14.4 Å². The van der Waals surface area contributed by atoms with Crippen LogP contribution in [0.3, 0.4) is 0 Å². The average molecular weight is 419 g/mol. The topological polar surface area (TPSA) is 99.4 Å². The first-order chi connectivity index (χ1) is 13.6. The van der Waals surface area contributed by atoms with Gasteiger partial charge in [-0.3, -0.25) is 10.1 Å². The van der Waals surface area contributed by atoms with E-state index in [9.17, 15) is 10.1 Å². The van der Waals surface area contributed by atoms with Gasteiger partial charge < -0.3 is 14.8 Å². The summed E-state index contributed by atoms with van der Waals surface area (Å²) in [4.78, 5) is 10.3. The Bertz CT molecular complexity index is 918. The molecule has 0 amide bonds. The zero-order valence-electron chi connectivity index (χ0n) is 15.0. The lowest BCUT2D eigenvalue weighted by Crippen LogP contribution is -2.00. The zero-order chi connectivity index (χ0) is 19.8. The third-order valence-corrected chi connectivity index (χ3v) is 5.59. The van der Waals surface area contributed by atoms with Crippen molar-refractivity contribution in [1.82, 2.24) is 10.2 Å². The number of hydrogen-bond donors (Lipinski definition) is 1. The first-order valence-corrected chi connectivity index (χ1v) is 10.1. The van der Waals surface area contributed by atoms with E-state index in [1.165, 1.54) is 35.2 Å². The molecule has 0 fully saturated rings. The van der Waals surface area contributed by atoms with Crippen LogP contribution in [0.1, 0.15) is 5.56 Å². The number of hydrogen-bond acceptors (Lipinski definition) is 9. The molecule has 0 aliphatic carbocycles. The molecule has 146 valence electrons. The Morgan fingerprint density at radius 3 is 2.75 bits per heavy atom. The quantitative estimate of drug-likeness (QED) is 0.226. The van der Waals surface area contributed by atoms with E-state index in [1.54, 1.807) is 19.2 Å². The van der Waals surface area contributed by atoms with Crippen LogP contribution in [-0.4, -0.2) is 34.6 Å². The summed E-state index contributed by atoms with van der Waals surface area (Å²) in [6.07, 6.45) is 0. The smallest absolute Gasteiger partial charge is 0.273 e.